The fourth-order valence-electron chi connectivity index (χ4n) is 4.13. The van der Waals surface area contributed by atoms with Gasteiger partial charge in [-0.3, -0.25) is 9.69 Å². The first-order chi connectivity index (χ1) is 16.8. The van der Waals surface area contributed by atoms with Gasteiger partial charge in [-0.1, -0.05) is 0 Å². The SMILES string of the molecule is COC[C@H](O)CN(C(=O)c1c(F)ccc2c1CCN2)c1cc(Cc2cc(F)c(F)c(F)c2)ccn1. The van der Waals surface area contributed by atoms with Crippen molar-refractivity contribution >= 4 is 17.4 Å². The van der Waals surface area contributed by atoms with Crippen LogP contribution in [-0.2, 0) is 17.6 Å². The predicted molar refractivity (Wildman–Crippen MR) is 122 cm³/mol. The lowest BCUT2D eigenvalue weighted by Gasteiger charge is -2.26. The van der Waals surface area contributed by atoms with Gasteiger partial charge < -0.3 is 15.2 Å². The van der Waals surface area contributed by atoms with Crippen molar-refractivity contribution in [2.45, 2.75) is 18.9 Å². The molecule has 0 unspecified atom stereocenters. The second-order valence-corrected chi connectivity index (χ2v) is 8.22. The molecule has 1 amide bonds. The molecule has 2 N–H and O–H groups in total. The molecule has 1 aliphatic rings. The molecule has 0 radical (unpaired) electrons. The van der Waals surface area contributed by atoms with Crippen molar-refractivity contribution in [1.29, 1.82) is 0 Å². The zero-order valence-electron chi connectivity index (χ0n) is 18.8. The van der Waals surface area contributed by atoms with Crippen LogP contribution in [-0.4, -0.2) is 48.9 Å². The van der Waals surface area contributed by atoms with Crippen molar-refractivity contribution in [3.63, 3.8) is 0 Å². The van der Waals surface area contributed by atoms with Crippen LogP contribution in [0.5, 0.6) is 0 Å². The minimum Gasteiger partial charge on any atom is -0.389 e. The number of nitrogens with one attached hydrogen (secondary N) is 1. The van der Waals surface area contributed by atoms with Crippen LogP contribution in [0.3, 0.4) is 0 Å². The molecule has 184 valence electrons. The van der Waals surface area contributed by atoms with E-state index in [1.165, 1.54) is 25.4 Å². The van der Waals surface area contributed by atoms with E-state index < -0.39 is 35.3 Å². The highest BCUT2D eigenvalue weighted by Crippen LogP contribution is 2.30. The van der Waals surface area contributed by atoms with Gasteiger partial charge in [0.1, 0.15) is 11.6 Å². The van der Waals surface area contributed by atoms with Crippen LogP contribution in [0.2, 0.25) is 0 Å². The number of carbonyl (C=O) groups is 1. The maximum Gasteiger partial charge on any atom is 0.262 e. The average molecular weight is 489 g/mol. The minimum absolute atomic E-state index is 0.0192. The summed E-state index contributed by atoms with van der Waals surface area (Å²) in [5.74, 6) is -5.46. The number of pyridine rings is 1. The summed E-state index contributed by atoms with van der Waals surface area (Å²) in [6.45, 7) is 0.248. The van der Waals surface area contributed by atoms with Crippen LogP contribution < -0.4 is 10.2 Å². The maximum atomic E-state index is 14.8. The molecule has 1 aromatic heterocycles. The lowest BCUT2D eigenvalue weighted by molar-refractivity contribution is 0.0658. The van der Waals surface area contributed by atoms with E-state index in [2.05, 4.69) is 10.3 Å². The average Bonchev–Trinajstić information content (AvgIpc) is 3.29. The summed E-state index contributed by atoms with van der Waals surface area (Å²) in [5.41, 5.74) is 1.77. The van der Waals surface area contributed by atoms with Crippen LogP contribution >= 0.6 is 0 Å². The molecule has 1 atom stereocenters. The Morgan fingerprint density at radius 1 is 1.11 bits per heavy atom. The number of aromatic nitrogens is 1. The number of anilines is 2. The zero-order chi connectivity index (χ0) is 25.1. The van der Waals surface area contributed by atoms with E-state index in [-0.39, 0.29) is 36.5 Å². The van der Waals surface area contributed by atoms with Gasteiger partial charge in [0.05, 0.1) is 24.8 Å². The Morgan fingerprint density at radius 2 is 1.86 bits per heavy atom. The van der Waals surface area contributed by atoms with E-state index in [4.69, 9.17) is 4.74 Å². The highest BCUT2D eigenvalue weighted by Gasteiger charge is 2.29. The predicted octanol–water partition coefficient (Wildman–Crippen LogP) is 3.85. The molecule has 2 heterocycles. The summed E-state index contributed by atoms with van der Waals surface area (Å²) in [7, 11) is 1.39. The third-order valence-corrected chi connectivity index (χ3v) is 5.70. The molecule has 0 saturated heterocycles. The molecule has 35 heavy (non-hydrogen) atoms. The van der Waals surface area contributed by atoms with E-state index in [9.17, 15) is 27.5 Å². The first-order valence-electron chi connectivity index (χ1n) is 10.9. The van der Waals surface area contributed by atoms with Crippen LogP contribution in [0.25, 0.3) is 0 Å². The highest BCUT2D eigenvalue weighted by molar-refractivity contribution is 6.08. The van der Waals surface area contributed by atoms with E-state index in [0.717, 1.165) is 17.0 Å². The van der Waals surface area contributed by atoms with Gasteiger partial charge >= 0.3 is 0 Å². The van der Waals surface area contributed by atoms with E-state index in [1.54, 1.807) is 12.1 Å². The van der Waals surface area contributed by atoms with E-state index >= 15 is 0 Å². The summed E-state index contributed by atoms with van der Waals surface area (Å²) in [6, 6.07) is 7.62. The van der Waals surface area contributed by atoms with Gasteiger partial charge in [0.25, 0.3) is 5.91 Å². The normalized spacial score (nSPS) is 13.3. The van der Waals surface area contributed by atoms with Gasteiger partial charge in [0.2, 0.25) is 0 Å². The number of halogens is 4. The van der Waals surface area contributed by atoms with Gasteiger partial charge in [-0.2, -0.15) is 0 Å². The van der Waals surface area contributed by atoms with Crippen molar-refractivity contribution in [3.05, 3.63) is 88.1 Å². The quantitative estimate of drug-likeness (QED) is 0.372. The molecule has 0 bridgehead atoms. The molecular formula is C25H23F4N3O3. The Kier molecular flexibility index (Phi) is 7.32. The Bertz CT molecular complexity index is 1230. The molecule has 3 aromatic rings. The van der Waals surface area contributed by atoms with Gasteiger partial charge in [-0.05, 0) is 65.9 Å². The summed E-state index contributed by atoms with van der Waals surface area (Å²) in [6.07, 6.45) is 0.771. The Balaban J connectivity index is 1.70. The van der Waals surface area contributed by atoms with Crippen molar-refractivity contribution in [3.8, 4) is 0 Å². The molecule has 0 aliphatic carbocycles. The number of hydrogen-bond acceptors (Lipinski definition) is 5. The van der Waals surface area contributed by atoms with Gasteiger partial charge in [-0.25, -0.2) is 22.5 Å². The number of ether oxygens (including phenoxy) is 1. The minimum atomic E-state index is -1.56. The molecule has 4 rings (SSSR count). The topological polar surface area (TPSA) is 74.7 Å². The molecule has 1 aliphatic heterocycles. The number of methoxy groups -OCH3 is 1. The molecule has 0 saturated carbocycles. The number of carbonyl (C=O) groups excluding carboxylic acids is 1. The number of amides is 1. The summed E-state index contributed by atoms with van der Waals surface area (Å²) < 4.78 is 60.4. The fraction of sp³-hybridized carbons (Fsp3) is 0.280. The largest absolute Gasteiger partial charge is 0.389 e. The monoisotopic (exact) mass is 489 g/mol. The number of hydrogen-bond donors (Lipinski definition) is 2. The van der Waals surface area contributed by atoms with Crippen molar-refractivity contribution in [2.24, 2.45) is 0 Å². The van der Waals surface area contributed by atoms with Crippen LogP contribution in [0.4, 0.5) is 29.1 Å². The number of nitrogens with zero attached hydrogens (tertiary/aromatic N) is 2. The van der Waals surface area contributed by atoms with Gasteiger partial charge in [0.15, 0.2) is 17.5 Å². The standard InChI is InChI=1S/C25H23F4N3O3/c1-35-13-16(33)12-32(25(34)23-17-5-7-30-21(17)3-2-18(23)26)22-11-14(4-6-31-22)8-15-9-19(27)24(29)20(28)10-15/h2-4,6,9-11,16,30,33H,5,7-8,12-13H2,1H3/t16-/m1/s1. The third kappa shape index (κ3) is 5.28. The number of aliphatic hydroxyl groups is 1. The van der Waals surface area contributed by atoms with E-state index in [1.807, 2.05) is 0 Å². The second kappa shape index (κ2) is 10.4. The molecular weight excluding hydrogens is 466 g/mol. The Labute approximate surface area is 199 Å². The molecule has 2 aromatic carbocycles. The number of rotatable bonds is 8. The van der Waals surface area contributed by atoms with Crippen molar-refractivity contribution in [1.82, 2.24) is 4.98 Å². The number of aliphatic hydroxyl groups excluding tert-OH is 1. The first kappa shape index (κ1) is 24.6. The molecule has 6 nitrogen and oxygen atoms in total. The molecule has 0 fully saturated rings. The lowest BCUT2D eigenvalue weighted by atomic mass is 10.0. The number of benzene rings is 2. The Hall–Kier alpha value is -3.50. The van der Waals surface area contributed by atoms with Gasteiger partial charge in [0, 0.05) is 25.5 Å². The second-order valence-electron chi connectivity index (χ2n) is 8.22. The maximum absolute atomic E-state index is 14.8. The van der Waals surface area contributed by atoms with E-state index in [0.29, 0.717) is 29.8 Å². The highest BCUT2D eigenvalue weighted by atomic mass is 19.2. The summed E-state index contributed by atoms with van der Waals surface area (Å²) in [4.78, 5) is 19.0. The lowest BCUT2D eigenvalue weighted by Crippen LogP contribution is -2.40. The molecule has 0 spiro atoms. The van der Waals surface area contributed by atoms with Crippen molar-refractivity contribution < 1.29 is 32.2 Å². The van der Waals surface area contributed by atoms with Crippen molar-refractivity contribution in [2.75, 3.05) is 37.0 Å². The van der Waals surface area contributed by atoms with Crippen LogP contribution in [0.1, 0.15) is 27.0 Å². The van der Waals surface area contributed by atoms with Crippen LogP contribution in [0.15, 0.2) is 42.6 Å². The Morgan fingerprint density at radius 3 is 2.57 bits per heavy atom. The smallest absolute Gasteiger partial charge is 0.262 e. The third-order valence-electron chi connectivity index (χ3n) is 5.70. The molecule has 10 heteroatoms. The fourth-order valence-corrected chi connectivity index (χ4v) is 4.13. The summed E-state index contributed by atoms with van der Waals surface area (Å²) >= 11 is 0. The zero-order valence-corrected chi connectivity index (χ0v) is 18.8. The number of fused-ring (bicyclic) bond motifs is 1. The van der Waals surface area contributed by atoms with Crippen LogP contribution in [0, 0.1) is 23.3 Å². The first-order valence-corrected chi connectivity index (χ1v) is 10.9. The summed E-state index contributed by atoms with van der Waals surface area (Å²) in [5, 5.41) is 13.5. The van der Waals surface area contributed by atoms with Gasteiger partial charge in [-0.15, -0.1) is 0 Å².